The molecular weight excluding hydrogens is 243 g/mol. The quantitative estimate of drug-likeness (QED) is 0.802. The van der Waals surface area contributed by atoms with Crippen molar-refractivity contribution in [1.29, 1.82) is 5.26 Å². The molecule has 0 radical (unpaired) electrons. The lowest BCUT2D eigenvalue weighted by atomic mass is 10.1. The number of hydrogen-bond donors (Lipinski definition) is 1. The molecule has 0 spiro atoms. The van der Waals surface area contributed by atoms with Crippen LogP contribution in [0.5, 0.6) is 0 Å². The molecule has 3 nitrogen and oxygen atoms in total. The zero-order chi connectivity index (χ0) is 13.5. The number of benzene rings is 1. The van der Waals surface area contributed by atoms with E-state index in [1.165, 1.54) is 37.8 Å². The molecule has 1 aromatic rings. The van der Waals surface area contributed by atoms with E-state index in [1.807, 2.05) is 6.07 Å². The molecule has 1 aliphatic rings. The normalized spacial score (nSPS) is 15.6. The van der Waals surface area contributed by atoms with E-state index < -0.39 is 0 Å². The smallest absolute Gasteiger partial charge is 0.127 e. The van der Waals surface area contributed by atoms with Gasteiger partial charge >= 0.3 is 0 Å². The largest absolute Gasteiger partial charge is 0.377 e. The van der Waals surface area contributed by atoms with Crippen LogP contribution in [0.3, 0.4) is 0 Å². The van der Waals surface area contributed by atoms with E-state index in [0.717, 1.165) is 0 Å². The van der Waals surface area contributed by atoms with Crippen molar-refractivity contribution in [2.45, 2.75) is 38.3 Å². The zero-order valence-corrected chi connectivity index (χ0v) is 11.0. The van der Waals surface area contributed by atoms with E-state index in [2.05, 4.69) is 5.32 Å². The number of rotatable bonds is 6. The fraction of sp³-hybridized carbons (Fsp3) is 0.533. The van der Waals surface area contributed by atoms with Crippen molar-refractivity contribution >= 4 is 0 Å². The highest BCUT2D eigenvalue weighted by molar-refractivity contribution is 5.33. The second kappa shape index (κ2) is 7.22. The molecule has 102 valence electrons. The molecule has 0 atom stereocenters. The summed E-state index contributed by atoms with van der Waals surface area (Å²) in [6.45, 7) is 1.78. The van der Waals surface area contributed by atoms with Gasteiger partial charge in [-0.15, -0.1) is 0 Å². The molecule has 0 saturated heterocycles. The van der Waals surface area contributed by atoms with Crippen LogP contribution in [0, 0.1) is 17.1 Å². The van der Waals surface area contributed by atoms with E-state index in [0.29, 0.717) is 36.9 Å². The fourth-order valence-electron chi connectivity index (χ4n) is 2.36. The second-order valence-electron chi connectivity index (χ2n) is 4.87. The lowest BCUT2D eigenvalue weighted by Crippen LogP contribution is -2.22. The molecular formula is C15H19FN2O. The Morgan fingerprint density at radius 2 is 2.16 bits per heavy atom. The molecule has 0 amide bonds. The van der Waals surface area contributed by atoms with Gasteiger partial charge in [0.1, 0.15) is 5.82 Å². The third-order valence-electron chi connectivity index (χ3n) is 3.42. The lowest BCUT2D eigenvalue weighted by molar-refractivity contribution is 0.0602. The van der Waals surface area contributed by atoms with Gasteiger partial charge in [-0.25, -0.2) is 4.39 Å². The highest BCUT2D eigenvalue weighted by atomic mass is 19.1. The molecule has 0 aromatic heterocycles. The summed E-state index contributed by atoms with van der Waals surface area (Å²) in [7, 11) is 0. The molecule has 19 heavy (non-hydrogen) atoms. The first-order valence-electron chi connectivity index (χ1n) is 6.80. The van der Waals surface area contributed by atoms with Crippen LogP contribution >= 0.6 is 0 Å². The van der Waals surface area contributed by atoms with Gasteiger partial charge < -0.3 is 10.1 Å². The first-order chi connectivity index (χ1) is 9.29. The van der Waals surface area contributed by atoms with Gasteiger partial charge in [-0.2, -0.15) is 5.26 Å². The minimum atomic E-state index is -0.275. The molecule has 2 rings (SSSR count). The van der Waals surface area contributed by atoms with Gasteiger partial charge in [0.25, 0.3) is 0 Å². The molecule has 0 heterocycles. The van der Waals surface area contributed by atoms with Crippen molar-refractivity contribution in [3.63, 3.8) is 0 Å². The number of halogens is 1. The lowest BCUT2D eigenvalue weighted by Gasteiger charge is -2.11. The van der Waals surface area contributed by atoms with Crippen molar-refractivity contribution in [1.82, 2.24) is 5.32 Å². The Hall–Kier alpha value is -1.44. The Labute approximate surface area is 113 Å². The standard InChI is InChI=1S/C15H19FN2O/c16-15-6-5-12(10-17)9-13(15)11-18-7-8-19-14-3-1-2-4-14/h5-6,9,14,18H,1-4,7-8,11H2. The number of nitrogens with zero attached hydrogens (tertiary/aromatic N) is 1. The first-order valence-corrected chi connectivity index (χ1v) is 6.80. The van der Waals surface area contributed by atoms with Gasteiger partial charge in [0, 0.05) is 18.7 Å². The fourth-order valence-corrected chi connectivity index (χ4v) is 2.36. The van der Waals surface area contributed by atoms with Gasteiger partial charge in [-0.05, 0) is 31.0 Å². The summed E-state index contributed by atoms with van der Waals surface area (Å²) >= 11 is 0. The minimum absolute atomic E-state index is 0.275. The van der Waals surface area contributed by atoms with E-state index in [4.69, 9.17) is 10.00 Å². The minimum Gasteiger partial charge on any atom is -0.377 e. The monoisotopic (exact) mass is 262 g/mol. The van der Waals surface area contributed by atoms with Crippen molar-refractivity contribution in [3.05, 3.63) is 35.1 Å². The first kappa shape index (κ1) is 14.0. The summed E-state index contributed by atoms with van der Waals surface area (Å²) in [5.74, 6) is -0.275. The van der Waals surface area contributed by atoms with Gasteiger partial charge in [0.15, 0.2) is 0 Å². The van der Waals surface area contributed by atoms with E-state index in [9.17, 15) is 4.39 Å². The maximum absolute atomic E-state index is 13.5. The van der Waals surface area contributed by atoms with Crippen LogP contribution in [-0.2, 0) is 11.3 Å². The van der Waals surface area contributed by atoms with Crippen molar-refractivity contribution < 1.29 is 9.13 Å². The van der Waals surface area contributed by atoms with Crippen LogP contribution in [-0.4, -0.2) is 19.3 Å². The molecule has 1 aliphatic carbocycles. The maximum atomic E-state index is 13.5. The van der Waals surface area contributed by atoms with Gasteiger partial charge in [0.2, 0.25) is 0 Å². The molecule has 0 bridgehead atoms. The van der Waals surface area contributed by atoms with Crippen LogP contribution < -0.4 is 5.32 Å². The zero-order valence-electron chi connectivity index (χ0n) is 11.0. The Kier molecular flexibility index (Phi) is 5.31. The topological polar surface area (TPSA) is 45.0 Å². The van der Waals surface area contributed by atoms with Crippen LogP contribution in [0.25, 0.3) is 0 Å². The van der Waals surface area contributed by atoms with E-state index in [1.54, 1.807) is 6.07 Å². The summed E-state index contributed by atoms with van der Waals surface area (Å²) in [5.41, 5.74) is 1.01. The SMILES string of the molecule is N#Cc1ccc(F)c(CNCCOC2CCCC2)c1. The predicted molar refractivity (Wildman–Crippen MR) is 71.0 cm³/mol. The molecule has 0 aliphatic heterocycles. The van der Waals surface area contributed by atoms with Crippen molar-refractivity contribution in [3.8, 4) is 6.07 Å². The summed E-state index contributed by atoms with van der Waals surface area (Å²) in [6.07, 6.45) is 5.28. The highest BCUT2D eigenvalue weighted by Gasteiger charge is 2.14. The average molecular weight is 262 g/mol. The number of hydrogen-bond acceptors (Lipinski definition) is 3. The summed E-state index contributed by atoms with van der Waals surface area (Å²) in [5, 5.41) is 11.9. The summed E-state index contributed by atoms with van der Waals surface area (Å²) in [4.78, 5) is 0. The molecule has 1 saturated carbocycles. The Balaban J connectivity index is 1.69. The Morgan fingerprint density at radius 1 is 1.37 bits per heavy atom. The highest BCUT2D eigenvalue weighted by Crippen LogP contribution is 2.20. The van der Waals surface area contributed by atoms with Gasteiger partial charge in [0.05, 0.1) is 24.3 Å². The maximum Gasteiger partial charge on any atom is 0.127 e. The number of nitriles is 1. The average Bonchev–Trinajstić information content (AvgIpc) is 2.93. The number of ether oxygens (including phenoxy) is 1. The van der Waals surface area contributed by atoms with Gasteiger partial charge in [-0.1, -0.05) is 12.8 Å². The third kappa shape index (κ3) is 4.30. The third-order valence-corrected chi connectivity index (χ3v) is 3.42. The molecule has 1 fully saturated rings. The molecule has 1 aromatic carbocycles. The Morgan fingerprint density at radius 3 is 2.89 bits per heavy atom. The van der Waals surface area contributed by atoms with Crippen LogP contribution in [0.2, 0.25) is 0 Å². The van der Waals surface area contributed by atoms with Gasteiger partial charge in [-0.3, -0.25) is 0 Å². The number of nitrogens with one attached hydrogen (secondary N) is 1. The molecule has 0 unspecified atom stereocenters. The summed E-state index contributed by atoms with van der Waals surface area (Å²) in [6, 6.07) is 6.42. The second-order valence-corrected chi connectivity index (χ2v) is 4.87. The molecule has 4 heteroatoms. The van der Waals surface area contributed by atoms with Crippen molar-refractivity contribution in [2.75, 3.05) is 13.2 Å². The van der Waals surface area contributed by atoms with Crippen LogP contribution in [0.15, 0.2) is 18.2 Å². The van der Waals surface area contributed by atoms with E-state index in [-0.39, 0.29) is 5.82 Å². The van der Waals surface area contributed by atoms with Crippen LogP contribution in [0.1, 0.15) is 36.8 Å². The van der Waals surface area contributed by atoms with Crippen LogP contribution in [0.4, 0.5) is 4.39 Å². The summed E-state index contributed by atoms with van der Waals surface area (Å²) < 4.78 is 19.2. The predicted octanol–water partition coefficient (Wildman–Crippen LogP) is 2.75. The molecule has 1 N–H and O–H groups in total. The van der Waals surface area contributed by atoms with E-state index >= 15 is 0 Å². The van der Waals surface area contributed by atoms with Crippen molar-refractivity contribution in [2.24, 2.45) is 0 Å². The Bertz CT molecular complexity index is 450.